The first kappa shape index (κ1) is 15.0. The summed E-state index contributed by atoms with van der Waals surface area (Å²) in [6, 6.07) is 0.599. The second kappa shape index (κ2) is 5.55. The van der Waals surface area contributed by atoms with E-state index < -0.39 is 28.1 Å². The molecule has 112 valence electrons. The van der Waals surface area contributed by atoms with Crippen molar-refractivity contribution >= 4 is 16.0 Å². The average molecular weight is 302 g/mol. The van der Waals surface area contributed by atoms with Crippen molar-refractivity contribution in [3.63, 3.8) is 0 Å². The van der Waals surface area contributed by atoms with Crippen LogP contribution in [-0.2, 0) is 17.1 Å². The molecule has 0 saturated heterocycles. The Labute approximate surface area is 117 Å². The Balaban J connectivity index is 2.22. The number of aryl methyl sites for hydroxylation is 1. The second-order valence-corrected chi connectivity index (χ2v) is 6.77. The van der Waals surface area contributed by atoms with E-state index in [2.05, 4.69) is 4.72 Å². The summed E-state index contributed by atoms with van der Waals surface area (Å²) in [4.78, 5) is 10.8. The highest BCUT2D eigenvalue weighted by molar-refractivity contribution is 7.89. The van der Waals surface area contributed by atoms with E-state index in [-0.39, 0.29) is 10.6 Å². The highest BCUT2D eigenvalue weighted by atomic mass is 32.2. The zero-order chi connectivity index (χ0) is 14.9. The van der Waals surface area contributed by atoms with Crippen LogP contribution in [0.15, 0.2) is 17.2 Å². The molecule has 0 aliphatic heterocycles. The van der Waals surface area contributed by atoms with Gasteiger partial charge in [-0.1, -0.05) is 12.8 Å². The van der Waals surface area contributed by atoms with Crippen LogP contribution in [0.5, 0.6) is 0 Å². The first-order valence-corrected chi connectivity index (χ1v) is 7.89. The highest BCUT2D eigenvalue weighted by Gasteiger charge is 2.29. The number of aliphatic hydroxyl groups is 1. The van der Waals surface area contributed by atoms with E-state index >= 15 is 0 Å². The van der Waals surface area contributed by atoms with Gasteiger partial charge in [0.05, 0.1) is 6.10 Å². The van der Waals surface area contributed by atoms with Crippen molar-refractivity contribution in [2.45, 2.75) is 42.7 Å². The number of carboxylic acid groups (broad SMARTS) is 1. The number of carbonyl (C=O) groups is 1. The SMILES string of the molecule is Cn1cc(S(=O)(=O)N[C@H]2CCCC[C@@H]2O)cc1C(=O)O. The van der Waals surface area contributed by atoms with Crippen LogP contribution >= 0.6 is 0 Å². The monoisotopic (exact) mass is 302 g/mol. The Hall–Kier alpha value is -1.38. The van der Waals surface area contributed by atoms with E-state index in [9.17, 15) is 18.3 Å². The summed E-state index contributed by atoms with van der Waals surface area (Å²) < 4.78 is 28.1. The van der Waals surface area contributed by atoms with E-state index in [1.54, 1.807) is 0 Å². The molecule has 7 nitrogen and oxygen atoms in total. The number of aromatic carboxylic acids is 1. The van der Waals surface area contributed by atoms with Crippen LogP contribution in [0.25, 0.3) is 0 Å². The van der Waals surface area contributed by atoms with Crippen molar-refractivity contribution in [1.82, 2.24) is 9.29 Å². The number of hydrogen-bond donors (Lipinski definition) is 3. The number of nitrogens with one attached hydrogen (secondary N) is 1. The fourth-order valence-corrected chi connectivity index (χ4v) is 3.78. The molecule has 1 saturated carbocycles. The van der Waals surface area contributed by atoms with Crippen LogP contribution in [0.3, 0.4) is 0 Å². The van der Waals surface area contributed by atoms with Gasteiger partial charge in [-0.15, -0.1) is 0 Å². The first-order valence-electron chi connectivity index (χ1n) is 6.41. The Morgan fingerprint density at radius 1 is 1.40 bits per heavy atom. The lowest BCUT2D eigenvalue weighted by atomic mass is 9.93. The molecule has 0 unspecified atom stereocenters. The van der Waals surface area contributed by atoms with Gasteiger partial charge in [-0.2, -0.15) is 0 Å². The lowest BCUT2D eigenvalue weighted by Gasteiger charge is -2.27. The summed E-state index contributed by atoms with van der Waals surface area (Å²) in [6.07, 6.45) is 3.46. The standard InChI is InChI=1S/C12H18N2O5S/c1-14-7-8(6-10(14)12(16)17)20(18,19)13-9-4-2-3-5-11(9)15/h6-7,9,11,13,15H,2-5H2,1H3,(H,16,17)/t9-,11-/m0/s1. The van der Waals surface area contributed by atoms with Crippen LogP contribution in [0.2, 0.25) is 0 Å². The molecule has 1 aromatic heterocycles. The Morgan fingerprint density at radius 2 is 2.05 bits per heavy atom. The molecule has 1 fully saturated rings. The van der Waals surface area contributed by atoms with Gasteiger partial charge < -0.3 is 14.8 Å². The van der Waals surface area contributed by atoms with E-state index in [0.29, 0.717) is 12.8 Å². The molecule has 0 amide bonds. The number of aliphatic hydroxyl groups excluding tert-OH is 1. The second-order valence-electron chi connectivity index (χ2n) is 5.06. The van der Waals surface area contributed by atoms with Crippen LogP contribution < -0.4 is 4.72 Å². The van der Waals surface area contributed by atoms with Gasteiger partial charge in [0.2, 0.25) is 10.0 Å². The zero-order valence-electron chi connectivity index (χ0n) is 11.1. The molecule has 2 atom stereocenters. The van der Waals surface area contributed by atoms with Gasteiger partial charge in [0, 0.05) is 19.3 Å². The van der Waals surface area contributed by atoms with Gasteiger partial charge in [-0.25, -0.2) is 17.9 Å². The third-order valence-corrected chi connectivity index (χ3v) is 5.00. The maximum atomic E-state index is 12.2. The quantitative estimate of drug-likeness (QED) is 0.741. The summed E-state index contributed by atoms with van der Waals surface area (Å²) in [6.45, 7) is 0. The molecule has 1 aliphatic carbocycles. The maximum absolute atomic E-state index is 12.2. The number of sulfonamides is 1. The maximum Gasteiger partial charge on any atom is 0.352 e. The molecule has 1 aromatic rings. The fourth-order valence-electron chi connectivity index (χ4n) is 2.41. The van der Waals surface area contributed by atoms with Crippen molar-refractivity contribution in [3.05, 3.63) is 18.0 Å². The van der Waals surface area contributed by atoms with Crippen molar-refractivity contribution in [2.24, 2.45) is 7.05 Å². The van der Waals surface area contributed by atoms with Crippen LogP contribution in [-0.4, -0.2) is 41.3 Å². The predicted octanol–water partition coefficient (Wildman–Crippen LogP) is 0.305. The molecule has 0 aromatic carbocycles. The van der Waals surface area contributed by atoms with Crippen molar-refractivity contribution < 1.29 is 23.4 Å². The largest absolute Gasteiger partial charge is 0.477 e. The van der Waals surface area contributed by atoms with Gasteiger partial charge in [0.25, 0.3) is 0 Å². The number of carboxylic acids is 1. The minimum Gasteiger partial charge on any atom is -0.477 e. The summed E-state index contributed by atoms with van der Waals surface area (Å²) >= 11 is 0. The topological polar surface area (TPSA) is 109 Å². The summed E-state index contributed by atoms with van der Waals surface area (Å²) in [5.41, 5.74) is -0.102. The van der Waals surface area contributed by atoms with E-state index in [0.717, 1.165) is 18.9 Å². The molecule has 0 radical (unpaired) electrons. The zero-order valence-corrected chi connectivity index (χ0v) is 11.9. The third kappa shape index (κ3) is 3.02. The molecule has 3 N–H and O–H groups in total. The molecular formula is C12H18N2O5S. The fraction of sp³-hybridized carbons (Fsp3) is 0.583. The van der Waals surface area contributed by atoms with Gasteiger partial charge in [0.1, 0.15) is 10.6 Å². The van der Waals surface area contributed by atoms with Gasteiger partial charge >= 0.3 is 5.97 Å². The summed E-state index contributed by atoms with van der Waals surface area (Å²) in [5.74, 6) is -1.19. The predicted molar refractivity (Wildman–Crippen MR) is 71.0 cm³/mol. The van der Waals surface area contributed by atoms with E-state index in [4.69, 9.17) is 5.11 Å². The van der Waals surface area contributed by atoms with E-state index in [1.807, 2.05) is 0 Å². The Morgan fingerprint density at radius 3 is 2.60 bits per heavy atom. The third-order valence-electron chi connectivity index (χ3n) is 3.55. The van der Waals surface area contributed by atoms with Crippen molar-refractivity contribution in [2.75, 3.05) is 0 Å². The van der Waals surface area contributed by atoms with Crippen LogP contribution in [0.4, 0.5) is 0 Å². The highest BCUT2D eigenvalue weighted by Crippen LogP contribution is 2.21. The minimum absolute atomic E-state index is 0.102. The molecule has 1 heterocycles. The molecule has 1 aliphatic rings. The Bertz CT molecular complexity index is 607. The van der Waals surface area contributed by atoms with Crippen LogP contribution in [0, 0.1) is 0 Å². The molecule has 0 bridgehead atoms. The lowest BCUT2D eigenvalue weighted by molar-refractivity contribution is 0.0686. The van der Waals surface area contributed by atoms with E-state index in [1.165, 1.54) is 17.8 Å². The molecule has 0 spiro atoms. The molecular weight excluding hydrogens is 284 g/mol. The molecule has 8 heteroatoms. The first-order chi connectivity index (χ1) is 9.31. The molecule has 20 heavy (non-hydrogen) atoms. The smallest absolute Gasteiger partial charge is 0.352 e. The average Bonchev–Trinajstić information content (AvgIpc) is 2.75. The Kier molecular flexibility index (Phi) is 4.17. The molecule has 2 rings (SSSR count). The number of rotatable bonds is 4. The van der Waals surface area contributed by atoms with Gasteiger partial charge in [0.15, 0.2) is 0 Å². The summed E-state index contributed by atoms with van der Waals surface area (Å²) in [5, 5.41) is 18.7. The number of nitrogens with zero attached hydrogens (tertiary/aromatic N) is 1. The normalized spacial score (nSPS) is 23.7. The number of aromatic nitrogens is 1. The van der Waals surface area contributed by atoms with Gasteiger partial charge in [-0.05, 0) is 18.9 Å². The number of hydrogen-bond acceptors (Lipinski definition) is 4. The van der Waals surface area contributed by atoms with Crippen molar-refractivity contribution in [3.8, 4) is 0 Å². The van der Waals surface area contributed by atoms with Gasteiger partial charge in [-0.3, -0.25) is 0 Å². The minimum atomic E-state index is -3.82. The lowest BCUT2D eigenvalue weighted by Crippen LogP contribution is -2.44. The van der Waals surface area contributed by atoms with Crippen molar-refractivity contribution in [1.29, 1.82) is 0 Å². The summed E-state index contributed by atoms with van der Waals surface area (Å²) in [7, 11) is -2.35. The van der Waals surface area contributed by atoms with Crippen LogP contribution in [0.1, 0.15) is 36.2 Å².